The summed E-state index contributed by atoms with van der Waals surface area (Å²) in [6.45, 7) is 6.14. The van der Waals surface area contributed by atoms with Crippen molar-refractivity contribution in [2.45, 2.75) is 24.6 Å². The Bertz CT molecular complexity index is 162. The molecule has 2 saturated heterocycles. The molecule has 2 unspecified atom stereocenters. The van der Waals surface area contributed by atoms with E-state index in [0.29, 0.717) is 6.04 Å². The lowest BCUT2D eigenvalue weighted by atomic mass is 10.2. The molecule has 0 aliphatic carbocycles. The third-order valence-electron chi connectivity index (χ3n) is 2.74. The zero-order valence-electron chi connectivity index (χ0n) is 8.16. The van der Waals surface area contributed by atoms with E-state index < -0.39 is 0 Å². The SMILES string of the molecule is CC1SCCC1NN1CCOCC1. The van der Waals surface area contributed by atoms with Crippen LogP contribution in [-0.4, -0.2) is 48.4 Å². The quantitative estimate of drug-likeness (QED) is 0.713. The van der Waals surface area contributed by atoms with Gasteiger partial charge in [0, 0.05) is 24.4 Å². The number of nitrogens with one attached hydrogen (secondary N) is 1. The predicted molar refractivity (Wildman–Crippen MR) is 55.9 cm³/mol. The second-order valence-electron chi connectivity index (χ2n) is 3.70. The van der Waals surface area contributed by atoms with E-state index in [4.69, 9.17) is 4.74 Å². The maximum atomic E-state index is 5.30. The van der Waals surface area contributed by atoms with Gasteiger partial charge in [-0.15, -0.1) is 0 Å². The predicted octanol–water partition coefficient (Wildman–Crippen LogP) is 0.717. The van der Waals surface area contributed by atoms with Gasteiger partial charge in [-0.2, -0.15) is 11.8 Å². The van der Waals surface area contributed by atoms with Crippen LogP contribution in [0.5, 0.6) is 0 Å². The summed E-state index contributed by atoms with van der Waals surface area (Å²) < 4.78 is 5.30. The minimum Gasteiger partial charge on any atom is -0.379 e. The number of hydrazine groups is 1. The molecule has 2 aliphatic rings. The van der Waals surface area contributed by atoms with Crippen molar-refractivity contribution in [3.63, 3.8) is 0 Å². The smallest absolute Gasteiger partial charge is 0.0608 e. The van der Waals surface area contributed by atoms with Crippen molar-refractivity contribution in [1.29, 1.82) is 0 Å². The molecule has 2 rings (SSSR count). The molecule has 2 aliphatic heterocycles. The highest BCUT2D eigenvalue weighted by atomic mass is 32.2. The Labute approximate surface area is 84.2 Å². The third kappa shape index (κ3) is 2.59. The molecule has 0 aromatic carbocycles. The van der Waals surface area contributed by atoms with Gasteiger partial charge >= 0.3 is 0 Å². The largest absolute Gasteiger partial charge is 0.379 e. The second kappa shape index (κ2) is 4.64. The molecule has 2 fully saturated rings. The van der Waals surface area contributed by atoms with E-state index in [2.05, 4.69) is 29.1 Å². The summed E-state index contributed by atoms with van der Waals surface area (Å²) in [5.41, 5.74) is 3.60. The average molecular weight is 202 g/mol. The van der Waals surface area contributed by atoms with Crippen molar-refractivity contribution < 1.29 is 4.74 Å². The van der Waals surface area contributed by atoms with Crippen LogP contribution in [0, 0.1) is 0 Å². The molecule has 4 heteroatoms. The Balaban J connectivity index is 1.75. The number of hydrogen-bond acceptors (Lipinski definition) is 4. The summed E-state index contributed by atoms with van der Waals surface area (Å²) in [6.07, 6.45) is 1.31. The van der Waals surface area contributed by atoms with E-state index in [-0.39, 0.29) is 0 Å². The van der Waals surface area contributed by atoms with E-state index in [0.717, 1.165) is 31.6 Å². The highest BCUT2D eigenvalue weighted by Crippen LogP contribution is 2.26. The van der Waals surface area contributed by atoms with Gasteiger partial charge in [0.25, 0.3) is 0 Å². The first-order valence-electron chi connectivity index (χ1n) is 5.07. The Kier molecular flexibility index (Phi) is 3.49. The molecule has 0 aromatic rings. The first kappa shape index (κ1) is 9.77. The van der Waals surface area contributed by atoms with Crippen LogP contribution in [-0.2, 0) is 4.74 Å². The Hall–Kier alpha value is 0.230. The summed E-state index contributed by atoms with van der Waals surface area (Å²) in [4.78, 5) is 0. The van der Waals surface area contributed by atoms with Gasteiger partial charge in [0.2, 0.25) is 0 Å². The number of nitrogens with zero attached hydrogens (tertiary/aromatic N) is 1. The van der Waals surface area contributed by atoms with E-state index in [1.54, 1.807) is 0 Å². The molecule has 0 amide bonds. The first-order valence-corrected chi connectivity index (χ1v) is 6.11. The maximum Gasteiger partial charge on any atom is 0.0608 e. The number of morpholine rings is 1. The summed E-state index contributed by atoms with van der Waals surface area (Å²) in [5, 5.41) is 3.08. The highest BCUT2D eigenvalue weighted by molar-refractivity contribution is 8.00. The van der Waals surface area contributed by atoms with Gasteiger partial charge in [-0.25, -0.2) is 5.01 Å². The fourth-order valence-electron chi connectivity index (χ4n) is 1.83. The van der Waals surface area contributed by atoms with Crippen molar-refractivity contribution in [3.8, 4) is 0 Å². The van der Waals surface area contributed by atoms with Crippen molar-refractivity contribution in [3.05, 3.63) is 0 Å². The molecule has 1 N–H and O–H groups in total. The van der Waals surface area contributed by atoms with E-state index in [1.807, 2.05) is 0 Å². The lowest BCUT2D eigenvalue weighted by Gasteiger charge is -2.31. The van der Waals surface area contributed by atoms with Crippen LogP contribution in [0.25, 0.3) is 0 Å². The highest BCUT2D eigenvalue weighted by Gasteiger charge is 2.25. The van der Waals surface area contributed by atoms with Crippen LogP contribution in [0.1, 0.15) is 13.3 Å². The van der Waals surface area contributed by atoms with Crippen molar-refractivity contribution in [2.24, 2.45) is 0 Å². The summed E-state index contributed by atoms with van der Waals surface area (Å²) in [7, 11) is 0. The minimum atomic E-state index is 0.683. The van der Waals surface area contributed by atoms with Crippen LogP contribution in [0.2, 0.25) is 0 Å². The zero-order chi connectivity index (χ0) is 9.10. The normalized spacial score (nSPS) is 36.7. The molecule has 0 aromatic heterocycles. The molecule has 2 atom stereocenters. The van der Waals surface area contributed by atoms with Gasteiger partial charge < -0.3 is 4.74 Å². The Morgan fingerprint density at radius 2 is 2.15 bits per heavy atom. The maximum absolute atomic E-state index is 5.30. The van der Waals surface area contributed by atoms with Crippen LogP contribution in [0.4, 0.5) is 0 Å². The Morgan fingerprint density at radius 3 is 2.77 bits per heavy atom. The van der Waals surface area contributed by atoms with Crippen molar-refractivity contribution >= 4 is 11.8 Å². The number of rotatable bonds is 2. The molecule has 2 heterocycles. The van der Waals surface area contributed by atoms with E-state index >= 15 is 0 Å². The molecular weight excluding hydrogens is 184 g/mol. The summed E-state index contributed by atoms with van der Waals surface area (Å²) >= 11 is 2.07. The van der Waals surface area contributed by atoms with Crippen LogP contribution < -0.4 is 5.43 Å². The molecular formula is C9H18N2OS. The molecule has 0 spiro atoms. The lowest BCUT2D eigenvalue weighted by Crippen LogP contribution is -2.51. The Morgan fingerprint density at radius 1 is 1.38 bits per heavy atom. The van der Waals surface area contributed by atoms with Crippen molar-refractivity contribution in [2.75, 3.05) is 32.1 Å². The van der Waals surface area contributed by atoms with Crippen LogP contribution >= 0.6 is 11.8 Å². The summed E-state index contributed by atoms with van der Waals surface area (Å²) in [5.74, 6) is 1.31. The zero-order valence-corrected chi connectivity index (χ0v) is 8.98. The topological polar surface area (TPSA) is 24.5 Å². The number of ether oxygens (including phenoxy) is 1. The molecule has 0 radical (unpaired) electrons. The van der Waals surface area contributed by atoms with Gasteiger partial charge in [-0.3, -0.25) is 5.43 Å². The molecule has 0 bridgehead atoms. The van der Waals surface area contributed by atoms with Crippen molar-refractivity contribution in [1.82, 2.24) is 10.4 Å². The average Bonchev–Trinajstić information content (AvgIpc) is 2.54. The summed E-state index contributed by atoms with van der Waals surface area (Å²) in [6, 6.07) is 0.683. The first-order chi connectivity index (χ1) is 6.36. The van der Waals surface area contributed by atoms with Crippen LogP contribution in [0.15, 0.2) is 0 Å². The van der Waals surface area contributed by atoms with Gasteiger partial charge in [0.15, 0.2) is 0 Å². The van der Waals surface area contributed by atoms with Gasteiger partial charge in [-0.1, -0.05) is 6.92 Å². The molecule has 0 saturated carbocycles. The van der Waals surface area contributed by atoms with Gasteiger partial charge in [0.1, 0.15) is 0 Å². The molecule has 76 valence electrons. The fraction of sp³-hybridized carbons (Fsp3) is 1.00. The van der Waals surface area contributed by atoms with Crippen LogP contribution in [0.3, 0.4) is 0 Å². The van der Waals surface area contributed by atoms with Gasteiger partial charge in [0.05, 0.1) is 13.2 Å². The van der Waals surface area contributed by atoms with E-state index in [1.165, 1.54) is 12.2 Å². The molecule has 3 nitrogen and oxygen atoms in total. The molecule has 13 heavy (non-hydrogen) atoms. The fourth-order valence-corrected chi connectivity index (χ4v) is 3.02. The van der Waals surface area contributed by atoms with Gasteiger partial charge in [-0.05, 0) is 12.2 Å². The van der Waals surface area contributed by atoms with E-state index in [9.17, 15) is 0 Å². The second-order valence-corrected chi connectivity index (χ2v) is 5.18. The standard InChI is InChI=1S/C9H18N2OS/c1-8-9(2-7-13-8)10-11-3-5-12-6-4-11/h8-10H,2-7H2,1H3. The number of hydrogen-bond donors (Lipinski definition) is 1. The lowest BCUT2D eigenvalue weighted by molar-refractivity contribution is 0.00405. The third-order valence-corrected chi connectivity index (χ3v) is 4.06. The minimum absolute atomic E-state index is 0.683. The monoisotopic (exact) mass is 202 g/mol. The number of thioether (sulfide) groups is 1.